The molecule has 0 aliphatic heterocycles. The second-order valence-corrected chi connectivity index (χ2v) is 4.73. The van der Waals surface area contributed by atoms with Gasteiger partial charge in [0.15, 0.2) is 0 Å². The van der Waals surface area contributed by atoms with Crippen molar-refractivity contribution in [3.8, 4) is 5.75 Å². The second-order valence-electron chi connectivity index (χ2n) is 4.73. The van der Waals surface area contributed by atoms with Crippen LogP contribution in [0.3, 0.4) is 0 Å². The van der Waals surface area contributed by atoms with Gasteiger partial charge >= 0.3 is 5.97 Å². The van der Waals surface area contributed by atoms with Crippen LogP contribution in [0.2, 0.25) is 0 Å². The molecule has 0 aromatic heterocycles. The maximum Gasteiger partial charge on any atom is 0.308 e. The van der Waals surface area contributed by atoms with Crippen molar-refractivity contribution in [3.63, 3.8) is 0 Å². The third-order valence-electron chi connectivity index (χ3n) is 3.00. The first kappa shape index (κ1) is 14.8. The molecule has 0 fully saturated rings. The van der Waals surface area contributed by atoms with E-state index in [1.807, 2.05) is 37.3 Å². The molecule has 108 valence electrons. The summed E-state index contributed by atoms with van der Waals surface area (Å²) in [6, 6.07) is 16.2. The van der Waals surface area contributed by atoms with Crippen molar-refractivity contribution < 1.29 is 14.3 Å². The van der Waals surface area contributed by atoms with Gasteiger partial charge in [0.1, 0.15) is 5.75 Å². The fourth-order valence-electron chi connectivity index (χ4n) is 1.97. The third kappa shape index (κ3) is 4.18. The van der Waals surface area contributed by atoms with E-state index >= 15 is 0 Å². The minimum atomic E-state index is -0.412. The predicted molar refractivity (Wildman–Crippen MR) is 80.1 cm³/mol. The summed E-state index contributed by atoms with van der Waals surface area (Å²) in [4.78, 5) is 23.1. The molecule has 2 rings (SSSR count). The van der Waals surface area contributed by atoms with Gasteiger partial charge in [-0.05, 0) is 30.7 Å². The van der Waals surface area contributed by atoms with Crippen LogP contribution in [0, 0.1) is 0 Å². The summed E-state index contributed by atoms with van der Waals surface area (Å²) in [5, 5.41) is 2.91. The monoisotopic (exact) mass is 283 g/mol. The number of esters is 1. The Labute approximate surface area is 123 Å². The van der Waals surface area contributed by atoms with Crippen LogP contribution in [0.25, 0.3) is 0 Å². The molecule has 0 aliphatic carbocycles. The van der Waals surface area contributed by atoms with Crippen molar-refractivity contribution >= 4 is 11.9 Å². The molecular formula is C17H17NO3. The molecule has 4 nitrogen and oxygen atoms in total. The van der Waals surface area contributed by atoms with E-state index in [1.165, 1.54) is 6.92 Å². The SMILES string of the molecule is CC(=O)Oc1cccc(C(=O)NC(C)c2ccccc2)c1. The normalized spacial score (nSPS) is 11.5. The molecule has 2 aromatic rings. The molecule has 0 bridgehead atoms. The summed E-state index contributed by atoms with van der Waals surface area (Å²) >= 11 is 0. The van der Waals surface area contributed by atoms with E-state index in [1.54, 1.807) is 24.3 Å². The second kappa shape index (κ2) is 6.70. The van der Waals surface area contributed by atoms with Gasteiger partial charge in [0.25, 0.3) is 5.91 Å². The maximum atomic E-state index is 12.2. The van der Waals surface area contributed by atoms with E-state index in [-0.39, 0.29) is 11.9 Å². The summed E-state index contributed by atoms with van der Waals surface area (Å²) in [7, 11) is 0. The Morgan fingerprint density at radius 2 is 1.76 bits per heavy atom. The van der Waals surface area contributed by atoms with Crippen molar-refractivity contribution in [3.05, 3.63) is 65.7 Å². The number of ether oxygens (including phenoxy) is 1. The topological polar surface area (TPSA) is 55.4 Å². The van der Waals surface area contributed by atoms with Crippen LogP contribution < -0.4 is 10.1 Å². The van der Waals surface area contributed by atoms with Crippen molar-refractivity contribution in [2.45, 2.75) is 19.9 Å². The zero-order valence-electron chi connectivity index (χ0n) is 12.0. The number of carbonyl (C=O) groups is 2. The maximum absolute atomic E-state index is 12.2. The number of rotatable bonds is 4. The van der Waals surface area contributed by atoms with E-state index in [9.17, 15) is 9.59 Å². The minimum Gasteiger partial charge on any atom is -0.427 e. The fourth-order valence-corrected chi connectivity index (χ4v) is 1.97. The molecule has 0 saturated heterocycles. The Bertz CT molecular complexity index is 637. The number of amides is 1. The summed E-state index contributed by atoms with van der Waals surface area (Å²) in [5.41, 5.74) is 1.48. The van der Waals surface area contributed by atoms with E-state index < -0.39 is 5.97 Å². The lowest BCUT2D eigenvalue weighted by atomic mass is 10.1. The zero-order chi connectivity index (χ0) is 15.2. The van der Waals surface area contributed by atoms with E-state index in [2.05, 4.69) is 5.32 Å². The Balaban J connectivity index is 2.08. The molecule has 0 radical (unpaired) electrons. The number of hydrogen-bond acceptors (Lipinski definition) is 3. The van der Waals surface area contributed by atoms with Crippen LogP contribution in [0.15, 0.2) is 54.6 Å². The smallest absolute Gasteiger partial charge is 0.308 e. The lowest BCUT2D eigenvalue weighted by molar-refractivity contribution is -0.131. The highest BCUT2D eigenvalue weighted by Gasteiger charge is 2.12. The van der Waals surface area contributed by atoms with Crippen molar-refractivity contribution in [1.82, 2.24) is 5.32 Å². The number of benzene rings is 2. The zero-order valence-corrected chi connectivity index (χ0v) is 12.0. The highest BCUT2D eigenvalue weighted by molar-refractivity contribution is 5.95. The van der Waals surface area contributed by atoms with Gasteiger partial charge in [-0.15, -0.1) is 0 Å². The molecule has 4 heteroatoms. The minimum absolute atomic E-state index is 0.101. The van der Waals surface area contributed by atoms with E-state index in [0.29, 0.717) is 11.3 Å². The number of carbonyl (C=O) groups excluding carboxylic acids is 2. The Morgan fingerprint density at radius 1 is 1.05 bits per heavy atom. The van der Waals surface area contributed by atoms with Crippen LogP contribution in [-0.4, -0.2) is 11.9 Å². The van der Waals surface area contributed by atoms with Crippen molar-refractivity contribution in [2.24, 2.45) is 0 Å². The molecule has 2 aromatic carbocycles. The van der Waals surface area contributed by atoms with Gasteiger partial charge in [0.2, 0.25) is 0 Å². The molecule has 1 unspecified atom stereocenters. The average Bonchev–Trinajstić information content (AvgIpc) is 2.47. The third-order valence-corrected chi connectivity index (χ3v) is 3.00. The standard InChI is InChI=1S/C17H17NO3/c1-12(14-7-4-3-5-8-14)18-17(20)15-9-6-10-16(11-15)21-13(2)19/h3-12H,1-2H3,(H,18,20). The Morgan fingerprint density at radius 3 is 2.43 bits per heavy atom. The van der Waals surface area contributed by atoms with Crippen molar-refractivity contribution in [1.29, 1.82) is 0 Å². The van der Waals surface area contributed by atoms with Crippen LogP contribution >= 0.6 is 0 Å². The lowest BCUT2D eigenvalue weighted by Gasteiger charge is -2.14. The molecule has 0 aliphatic rings. The van der Waals surface area contributed by atoms with E-state index in [0.717, 1.165) is 5.56 Å². The summed E-state index contributed by atoms with van der Waals surface area (Å²) < 4.78 is 4.98. The molecule has 0 saturated carbocycles. The van der Waals surface area contributed by atoms with Crippen LogP contribution in [0.1, 0.15) is 35.8 Å². The molecule has 1 N–H and O–H groups in total. The quantitative estimate of drug-likeness (QED) is 0.693. The number of nitrogens with one attached hydrogen (secondary N) is 1. The number of hydrogen-bond donors (Lipinski definition) is 1. The first-order chi connectivity index (χ1) is 10.1. The first-order valence-corrected chi connectivity index (χ1v) is 6.70. The lowest BCUT2D eigenvalue weighted by Crippen LogP contribution is -2.26. The fraction of sp³-hybridized carbons (Fsp3) is 0.176. The van der Waals surface area contributed by atoms with Gasteiger partial charge < -0.3 is 10.1 Å². The summed E-state index contributed by atoms with van der Waals surface area (Å²) in [6.45, 7) is 3.24. The largest absolute Gasteiger partial charge is 0.427 e. The van der Waals surface area contributed by atoms with Crippen LogP contribution in [-0.2, 0) is 4.79 Å². The summed E-state index contributed by atoms with van der Waals surface area (Å²) in [5.74, 6) is -0.256. The van der Waals surface area contributed by atoms with Gasteiger partial charge in [0.05, 0.1) is 6.04 Å². The molecular weight excluding hydrogens is 266 g/mol. The van der Waals surface area contributed by atoms with Gasteiger partial charge in [0, 0.05) is 12.5 Å². The van der Waals surface area contributed by atoms with Gasteiger partial charge in [-0.3, -0.25) is 9.59 Å². The van der Waals surface area contributed by atoms with Crippen LogP contribution in [0.5, 0.6) is 5.75 Å². The molecule has 1 amide bonds. The Hall–Kier alpha value is -2.62. The molecule has 21 heavy (non-hydrogen) atoms. The first-order valence-electron chi connectivity index (χ1n) is 6.70. The molecule has 1 atom stereocenters. The highest BCUT2D eigenvalue weighted by Crippen LogP contribution is 2.16. The van der Waals surface area contributed by atoms with Gasteiger partial charge in [-0.25, -0.2) is 0 Å². The molecule has 0 spiro atoms. The highest BCUT2D eigenvalue weighted by atomic mass is 16.5. The summed E-state index contributed by atoms with van der Waals surface area (Å²) in [6.07, 6.45) is 0. The average molecular weight is 283 g/mol. The predicted octanol–water partition coefficient (Wildman–Crippen LogP) is 3.10. The van der Waals surface area contributed by atoms with Crippen molar-refractivity contribution in [2.75, 3.05) is 0 Å². The van der Waals surface area contributed by atoms with Gasteiger partial charge in [-0.2, -0.15) is 0 Å². The molecule has 0 heterocycles. The van der Waals surface area contributed by atoms with E-state index in [4.69, 9.17) is 4.74 Å². The van der Waals surface area contributed by atoms with Gasteiger partial charge in [-0.1, -0.05) is 36.4 Å². The van der Waals surface area contributed by atoms with Crippen LogP contribution in [0.4, 0.5) is 0 Å². The Kier molecular flexibility index (Phi) is 4.72.